The Morgan fingerprint density at radius 1 is 1.12 bits per heavy atom. The summed E-state index contributed by atoms with van der Waals surface area (Å²) in [7, 11) is 0. The van der Waals surface area contributed by atoms with Gasteiger partial charge in [-0.05, 0) is 29.2 Å². The van der Waals surface area contributed by atoms with Crippen molar-refractivity contribution in [3.8, 4) is 0 Å². The molecule has 0 bridgehead atoms. The number of nitrogens with one attached hydrogen (secondary N) is 1. The SMILES string of the molecule is Cc1nc(C2(NC(=O)Cc3cccc4ccccc34)CCCCC2)no1. The fourth-order valence-electron chi connectivity index (χ4n) is 3.98. The first-order valence-electron chi connectivity index (χ1n) is 9.25. The van der Waals surface area contributed by atoms with Crippen LogP contribution in [-0.4, -0.2) is 16.0 Å². The van der Waals surface area contributed by atoms with Crippen molar-refractivity contribution in [1.82, 2.24) is 15.5 Å². The molecule has 5 heteroatoms. The fraction of sp³-hybridized carbons (Fsp3) is 0.381. The normalized spacial score (nSPS) is 16.5. The molecule has 3 aromatic rings. The minimum atomic E-state index is -0.502. The number of aryl methyl sites for hydroxylation is 1. The number of aromatic nitrogens is 2. The van der Waals surface area contributed by atoms with Crippen molar-refractivity contribution in [1.29, 1.82) is 0 Å². The van der Waals surface area contributed by atoms with Crippen LogP contribution in [0.2, 0.25) is 0 Å². The van der Waals surface area contributed by atoms with Gasteiger partial charge in [-0.1, -0.05) is 66.9 Å². The Morgan fingerprint density at radius 3 is 2.65 bits per heavy atom. The van der Waals surface area contributed by atoms with Crippen LogP contribution < -0.4 is 5.32 Å². The van der Waals surface area contributed by atoms with Crippen LogP contribution >= 0.6 is 0 Å². The number of benzene rings is 2. The Balaban J connectivity index is 1.59. The molecule has 1 amide bonds. The van der Waals surface area contributed by atoms with Crippen LogP contribution in [0.3, 0.4) is 0 Å². The van der Waals surface area contributed by atoms with Gasteiger partial charge in [0.25, 0.3) is 0 Å². The standard InChI is InChI=1S/C21H23N3O2/c1-15-22-20(24-26-15)21(12-5-2-6-13-21)23-19(25)14-17-10-7-9-16-8-3-4-11-18(16)17/h3-4,7-11H,2,5-6,12-14H2,1H3,(H,23,25). The minimum Gasteiger partial charge on any atom is -0.343 e. The summed E-state index contributed by atoms with van der Waals surface area (Å²) in [5.41, 5.74) is 0.536. The van der Waals surface area contributed by atoms with Gasteiger partial charge in [-0.15, -0.1) is 0 Å². The number of carbonyl (C=O) groups is 1. The van der Waals surface area contributed by atoms with Crippen LogP contribution in [0.5, 0.6) is 0 Å². The van der Waals surface area contributed by atoms with Crippen molar-refractivity contribution in [2.75, 3.05) is 0 Å². The zero-order valence-corrected chi connectivity index (χ0v) is 15.0. The zero-order chi connectivity index (χ0) is 18.0. The van der Waals surface area contributed by atoms with E-state index in [1.807, 2.05) is 24.3 Å². The van der Waals surface area contributed by atoms with Gasteiger partial charge in [0.05, 0.1) is 6.42 Å². The highest BCUT2D eigenvalue weighted by Crippen LogP contribution is 2.35. The summed E-state index contributed by atoms with van der Waals surface area (Å²) in [6, 6.07) is 14.3. The third-order valence-corrected chi connectivity index (χ3v) is 5.27. The Morgan fingerprint density at radius 2 is 1.88 bits per heavy atom. The van der Waals surface area contributed by atoms with Gasteiger partial charge in [0, 0.05) is 6.92 Å². The van der Waals surface area contributed by atoms with Crippen LogP contribution in [0.15, 0.2) is 47.0 Å². The summed E-state index contributed by atoms with van der Waals surface area (Å²) in [6.07, 6.45) is 5.35. The average molecular weight is 349 g/mol. The van der Waals surface area contributed by atoms with E-state index in [0.717, 1.165) is 42.0 Å². The molecular formula is C21H23N3O2. The van der Waals surface area contributed by atoms with Crippen molar-refractivity contribution < 1.29 is 9.32 Å². The lowest BCUT2D eigenvalue weighted by Crippen LogP contribution is -2.48. The maximum atomic E-state index is 12.9. The third-order valence-electron chi connectivity index (χ3n) is 5.27. The maximum Gasteiger partial charge on any atom is 0.225 e. The molecule has 1 aliphatic rings. The van der Waals surface area contributed by atoms with Crippen molar-refractivity contribution in [3.63, 3.8) is 0 Å². The van der Waals surface area contributed by atoms with E-state index in [9.17, 15) is 4.79 Å². The Labute approximate surface area is 152 Å². The predicted octanol–water partition coefficient (Wildman–Crippen LogP) is 4.05. The van der Waals surface area contributed by atoms with Crippen LogP contribution in [0, 0.1) is 6.92 Å². The lowest BCUT2D eigenvalue weighted by atomic mass is 9.80. The molecule has 0 aliphatic heterocycles. The maximum absolute atomic E-state index is 12.9. The molecule has 1 heterocycles. The van der Waals surface area contributed by atoms with Crippen molar-refractivity contribution in [3.05, 3.63) is 59.7 Å². The second-order valence-electron chi connectivity index (χ2n) is 7.14. The summed E-state index contributed by atoms with van der Waals surface area (Å²) >= 11 is 0. The molecule has 1 saturated carbocycles. The molecule has 134 valence electrons. The molecule has 2 aromatic carbocycles. The number of fused-ring (bicyclic) bond motifs is 1. The molecule has 1 fully saturated rings. The van der Waals surface area contributed by atoms with Crippen molar-refractivity contribution >= 4 is 16.7 Å². The van der Waals surface area contributed by atoms with Crippen LogP contribution in [0.1, 0.15) is 49.4 Å². The number of rotatable bonds is 4. The first-order chi connectivity index (χ1) is 12.7. The molecular weight excluding hydrogens is 326 g/mol. The predicted molar refractivity (Wildman–Crippen MR) is 99.6 cm³/mol. The van der Waals surface area contributed by atoms with Gasteiger partial charge < -0.3 is 9.84 Å². The quantitative estimate of drug-likeness (QED) is 0.771. The molecule has 0 saturated heterocycles. The molecule has 0 radical (unpaired) electrons. The van der Waals surface area contributed by atoms with Crippen LogP contribution in [-0.2, 0) is 16.8 Å². The Hall–Kier alpha value is -2.69. The van der Waals surface area contributed by atoms with Gasteiger partial charge in [-0.3, -0.25) is 4.79 Å². The monoisotopic (exact) mass is 349 g/mol. The highest BCUT2D eigenvalue weighted by Gasteiger charge is 2.39. The van der Waals surface area contributed by atoms with Crippen LogP contribution in [0.4, 0.5) is 0 Å². The second-order valence-corrected chi connectivity index (χ2v) is 7.14. The Kier molecular flexibility index (Phi) is 4.45. The van der Waals surface area contributed by atoms with Gasteiger partial charge in [0.2, 0.25) is 11.8 Å². The molecule has 1 N–H and O–H groups in total. The van der Waals surface area contributed by atoms with Gasteiger partial charge in [-0.25, -0.2) is 0 Å². The van der Waals surface area contributed by atoms with Gasteiger partial charge >= 0.3 is 0 Å². The average Bonchev–Trinajstić information content (AvgIpc) is 3.10. The number of carbonyl (C=O) groups excluding carboxylic acids is 1. The number of hydrogen-bond acceptors (Lipinski definition) is 4. The van der Waals surface area contributed by atoms with Crippen molar-refractivity contribution in [2.24, 2.45) is 0 Å². The van der Waals surface area contributed by atoms with Crippen molar-refractivity contribution in [2.45, 2.75) is 51.0 Å². The summed E-state index contributed by atoms with van der Waals surface area (Å²) < 4.78 is 5.19. The molecule has 1 aromatic heterocycles. The lowest BCUT2D eigenvalue weighted by Gasteiger charge is -2.35. The van der Waals surface area contributed by atoms with Gasteiger partial charge in [-0.2, -0.15) is 4.98 Å². The number of nitrogens with zero attached hydrogens (tertiary/aromatic N) is 2. The molecule has 0 unspecified atom stereocenters. The zero-order valence-electron chi connectivity index (χ0n) is 15.0. The van der Waals surface area contributed by atoms with E-state index >= 15 is 0 Å². The molecule has 0 spiro atoms. The lowest BCUT2D eigenvalue weighted by molar-refractivity contribution is -0.123. The molecule has 5 nitrogen and oxygen atoms in total. The second kappa shape index (κ2) is 6.90. The third kappa shape index (κ3) is 3.21. The van der Waals surface area contributed by atoms with Crippen LogP contribution in [0.25, 0.3) is 10.8 Å². The topological polar surface area (TPSA) is 68.0 Å². The smallest absolute Gasteiger partial charge is 0.225 e. The number of amides is 1. The first-order valence-corrected chi connectivity index (χ1v) is 9.25. The molecule has 0 atom stereocenters. The van der Waals surface area contributed by atoms with E-state index < -0.39 is 5.54 Å². The first kappa shape index (κ1) is 16.8. The summed E-state index contributed by atoms with van der Waals surface area (Å²) in [5.74, 6) is 1.15. The van der Waals surface area contributed by atoms with E-state index in [2.05, 4.69) is 33.7 Å². The molecule has 4 rings (SSSR count). The Bertz CT molecular complexity index is 920. The largest absolute Gasteiger partial charge is 0.343 e. The van der Waals surface area contributed by atoms with E-state index in [-0.39, 0.29) is 5.91 Å². The molecule has 1 aliphatic carbocycles. The summed E-state index contributed by atoms with van der Waals surface area (Å²) in [5, 5.41) is 9.65. The summed E-state index contributed by atoms with van der Waals surface area (Å²) in [6.45, 7) is 1.78. The minimum absolute atomic E-state index is 0.00528. The van der Waals surface area contributed by atoms with E-state index in [0.29, 0.717) is 18.1 Å². The van der Waals surface area contributed by atoms with Gasteiger partial charge in [0.15, 0.2) is 5.82 Å². The number of hydrogen-bond donors (Lipinski definition) is 1. The highest BCUT2D eigenvalue weighted by molar-refractivity contribution is 5.90. The molecule has 26 heavy (non-hydrogen) atoms. The summed E-state index contributed by atoms with van der Waals surface area (Å²) in [4.78, 5) is 17.3. The van der Waals surface area contributed by atoms with E-state index in [1.54, 1.807) is 6.92 Å². The highest BCUT2D eigenvalue weighted by atomic mass is 16.5. The fourth-order valence-corrected chi connectivity index (χ4v) is 3.98. The van der Waals surface area contributed by atoms with Gasteiger partial charge in [0.1, 0.15) is 5.54 Å². The van der Waals surface area contributed by atoms with E-state index in [4.69, 9.17) is 4.52 Å². The van der Waals surface area contributed by atoms with E-state index in [1.165, 1.54) is 6.42 Å².